The lowest BCUT2D eigenvalue weighted by Gasteiger charge is -2.18. The molecule has 30 heavy (non-hydrogen) atoms. The molecule has 6 heteroatoms. The fourth-order valence-electron chi connectivity index (χ4n) is 3.53. The maximum atomic E-state index is 12.7. The lowest BCUT2D eigenvalue weighted by molar-refractivity contribution is -0.122. The van der Waals surface area contributed by atoms with Gasteiger partial charge in [0.1, 0.15) is 4.32 Å². The van der Waals surface area contributed by atoms with E-state index in [1.54, 1.807) is 16.7 Å². The van der Waals surface area contributed by atoms with Crippen molar-refractivity contribution in [3.63, 3.8) is 0 Å². The molecule has 0 N–H and O–H groups in total. The van der Waals surface area contributed by atoms with E-state index >= 15 is 0 Å². The average molecular weight is 453 g/mol. The van der Waals surface area contributed by atoms with Crippen molar-refractivity contribution in [1.82, 2.24) is 4.90 Å². The Labute approximate surface area is 192 Å². The van der Waals surface area contributed by atoms with Gasteiger partial charge in [-0.2, -0.15) is 0 Å². The summed E-state index contributed by atoms with van der Waals surface area (Å²) in [5, 5.41) is 1.14. The van der Waals surface area contributed by atoms with E-state index in [2.05, 4.69) is 67.3 Å². The van der Waals surface area contributed by atoms with Crippen molar-refractivity contribution in [2.45, 2.75) is 31.6 Å². The molecule has 0 unspecified atom stereocenters. The van der Waals surface area contributed by atoms with E-state index in [1.165, 1.54) is 33.5 Å². The largest absolute Gasteiger partial charge is 0.335 e. The molecule has 1 amide bonds. The first-order valence-electron chi connectivity index (χ1n) is 10.2. The fraction of sp³-hybridized carbons (Fsp3) is 0.250. The normalized spacial score (nSPS) is 18.7. The van der Waals surface area contributed by atoms with Crippen molar-refractivity contribution in [3.05, 3.63) is 70.6 Å². The highest BCUT2D eigenvalue weighted by atomic mass is 32.2. The Kier molecular flexibility index (Phi) is 6.66. The van der Waals surface area contributed by atoms with Crippen LogP contribution in [0.25, 0.3) is 11.1 Å². The number of carbonyl (C=O) groups excluding carboxylic acids is 1. The molecular weight excluding hydrogens is 428 g/mol. The number of thiocarbonyl (C=S) groups is 1. The van der Waals surface area contributed by atoms with E-state index in [0.717, 1.165) is 24.4 Å². The average Bonchev–Trinajstić information content (AvgIpc) is 3.26. The van der Waals surface area contributed by atoms with E-state index < -0.39 is 0 Å². The molecule has 0 radical (unpaired) electrons. The topological polar surface area (TPSA) is 23.6 Å². The first-order valence-corrected chi connectivity index (χ1v) is 12.3. The Balaban J connectivity index is 1.58. The predicted octanol–water partition coefficient (Wildman–Crippen LogP) is 6.67. The molecule has 0 aliphatic carbocycles. The molecular formula is C24H24N2OS3. The van der Waals surface area contributed by atoms with Crippen LogP contribution >= 0.6 is 35.7 Å². The molecule has 0 saturated carbocycles. The molecule has 2 aliphatic heterocycles. The van der Waals surface area contributed by atoms with Crippen LogP contribution in [0, 0.1) is 0 Å². The molecule has 3 nitrogen and oxygen atoms in total. The number of hydrogen-bond donors (Lipinski definition) is 0. The van der Waals surface area contributed by atoms with Gasteiger partial charge >= 0.3 is 0 Å². The van der Waals surface area contributed by atoms with Gasteiger partial charge in [-0.15, -0.1) is 0 Å². The lowest BCUT2D eigenvalue weighted by atomic mass is 10.0. The van der Waals surface area contributed by atoms with Gasteiger partial charge in [-0.05, 0) is 48.8 Å². The fourth-order valence-corrected chi connectivity index (χ4v) is 5.89. The third-order valence-corrected chi connectivity index (χ3v) is 7.67. The zero-order valence-electron chi connectivity index (χ0n) is 17.1. The molecule has 0 aromatic heterocycles. The molecule has 4 rings (SSSR count). The number of carbonyl (C=O) groups is 1. The maximum absolute atomic E-state index is 12.7. The summed E-state index contributed by atoms with van der Waals surface area (Å²) in [5.74, 6) is 0.0326. The van der Waals surface area contributed by atoms with E-state index in [4.69, 9.17) is 12.2 Å². The van der Waals surface area contributed by atoms with Crippen molar-refractivity contribution >= 4 is 51.7 Å². The third-order valence-electron chi connectivity index (χ3n) is 5.14. The number of hydrogen-bond acceptors (Lipinski definition) is 5. The van der Waals surface area contributed by atoms with Crippen LogP contribution in [0.4, 0.5) is 5.69 Å². The standard InChI is InChI=1S/C24H24N2OS3/c1-3-5-15-26-23(27)21(30-24(26)28)13-14-22-25(4-2)19-16-18(11-12-20(19)29-22)17-9-7-6-8-10-17/h6-14,16H,3-5,15H2,1-2H3. The van der Waals surface area contributed by atoms with Gasteiger partial charge in [0.15, 0.2) is 0 Å². The first kappa shape index (κ1) is 21.2. The Morgan fingerprint density at radius 3 is 2.50 bits per heavy atom. The first-order chi connectivity index (χ1) is 14.6. The molecule has 2 aromatic carbocycles. The van der Waals surface area contributed by atoms with Gasteiger partial charge < -0.3 is 4.90 Å². The number of fused-ring (bicyclic) bond motifs is 1. The van der Waals surface area contributed by atoms with Crippen molar-refractivity contribution in [2.75, 3.05) is 18.0 Å². The van der Waals surface area contributed by atoms with Crippen LogP contribution in [0.3, 0.4) is 0 Å². The Bertz CT molecular complexity index is 1030. The molecule has 2 aromatic rings. The molecule has 0 atom stereocenters. The summed E-state index contributed by atoms with van der Waals surface area (Å²) in [7, 11) is 0. The van der Waals surface area contributed by atoms with Crippen LogP contribution < -0.4 is 4.90 Å². The SMILES string of the molecule is CCCCN1C(=O)C(=CC=C2Sc3ccc(-c4ccccc4)cc3N2CC)SC1=S. The molecule has 0 spiro atoms. The van der Waals surface area contributed by atoms with Gasteiger partial charge in [-0.3, -0.25) is 9.69 Å². The van der Waals surface area contributed by atoms with Gasteiger partial charge in [0.25, 0.3) is 5.91 Å². The smallest absolute Gasteiger partial charge is 0.266 e. The Morgan fingerprint density at radius 2 is 1.77 bits per heavy atom. The number of unbranched alkanes of at least 4 members (excludes halogenated alkanes) is 1. The highest BCUT2D eigenvalue weighted by Crippen LogP contribution is 2.47. The highest BCUT2D eigenvalue weighted by molar-refractivity contribution is 8.26. The van der Waals surface area contributed by atoms with Crippen LogP contribution in [0.2, 0.25) is 0 Å². The summed E-state index contributed by atoms with van der Waals surface area (Å²) in [6, 6.07) is 17.1. The quantitative estimate of drug-likeness (QED) is 0.360. The van der Waals surface area contributed by atoms with Gasteiger partial charge in [-0.1, -0.05) is 85.5 Å². The number of allylic oxidation sites excluding steroid dienone is 2. The number of amides is 1. The summed E-state index contributed by atoms with van der Waals surface area (Å²) in [4.78, 5) is 18.7. The van der Waals surface area contributed by atoms with Crippen LogP contribution in [0.15, 0.2) is 75.5 Å². The molecule has 2 heterocycles. The van der Waals surface area contributed by atoms with Gasteiger partial charge in [0, 0.05) is 18.0 Å². The van der Waals surface area contributed by atoms with E-state index in [1.807, 2.05) is 12.1 Å². The van der Waals surface area contributed by atoms with Gasteiger partial charge in [0.2, 0.25) is 0 Å². The number of thioether (sulfide) groups is 2. The minimum absolute atomic E-state index is 0.0326. The summed E-state index contributed by atoms with van der Waals surface area (Å²) in [6.07, 6.45) is 6.01. The second kappa shape index (κ2) is 9.41. The minimum atomic E-state index is 0.0326. The molecule has 1 fully saturated rings. The van der Waals surface area contributed by atoms with Crippen LogP contribution in [0.5, 0.6) is 0 Å². The van der Waals surface area contributed by atoms with E-state index in [-0.39, 0.29) is 5.91 Å². The second-order valence-electron chi connectivity index (χ2n) is 7.11. The molecule has 154 valence electrons. The third kappa shape index (κ3) is 4.22. The van der Waals surface area contributed by atoms with Crippen molar-refractivity contribution in [1.29, 1.82) is 0 Å². The van der Waals surface area contributed by atoms with Crippen LogP contribution in [0.1, 0.15) is 26.7 Å². The summed E-state index contributed by atoms with van der Waals surface area (Å²) < 4.78 is 0.667. The maximum Gasteiger partial charge on any atom is 0.266 e. The Hall–Kier alpha value is -2.02. The zero-order chi connectivity index (χ0) is 21.1. The van der Waals surface area contributed by atoms with Crippen LogP contribution in [-0.2, 0) is 4.79 Å². The second-order valence-corrected chi connectivity index (χ2v) is 9.85. The molecule has 0 bridgehead atoms. The number of nitrogens with zero attached hydrogens (tertiary/aromatic N) is 2. The Morgan fingerprint density at radius 1 is 0.967 bits per heavy atom. The van der Waals surface area contributed by atoms with Gasteiger partial charge in [0.05, 0.1) is 15.6 Å². The molecule has 2 aliphatic rings. The van der Waals surface area contributed by atoms with Crippen molar-refractivity contribution in [2.24, 2.45) is 0 Å². The van der Waals surface area contributed by atoms with Gasteiger partial charge in [-0.25, -0.2) is 0 Å². The van der Waals surface area contributed by atoms with Crippen molar-refractivity contribution < 1.29 is 4.79 Å². The summed E-state index contributed by atoms with van der Waals surface area (Å²) >= 11 is 8.56. The van der Waals surface area contributed by atoms with Crippen LogP contribution in [-0.4, -0.2) is 28.2 Å². The van der Waals surface area contributed by atoms with E-state index in [9.17, 15) is 4.79 Å². The van der Waals surface area contributed by atoms with E-state index in [0.29, 0.717) is 15.8 Å². The number of benzene rings is 2. The summed E-state index contributed by atoms with van der Waals surface area (Å²) in [6.45, 7) is 5.85. The monoisotopic (exact) mass is 452 g/mol. The number of rotatable bonds is 6. The predicted molar refractivity (Wildman–Crippen MR) is 134 cm³/mol. The lowest BCUT2D eigenvalue weighted by Crippen LogP contribution is -2.28. The number of anilines is 1. The molecule has 1 saturated heterocycles. The highest BCUT2D eigenvalue weighted by Gasteiger charge is 2.31. The zero-order valence-corrected chi connectivity index (χ0v) is 19.6. The minimum Gasteiger partial charge on any atom is -0.335 e. The summed E-state index contributed by atoms with van der Waals surface area (Å²) in [5.41, 5.74) is 3.65. The van der Waals surface area contributed by atoms with Crippen molar-refractivity contribution in [3.8, 4) is 11.1 Å².